The van der Waals surface area contributed by atoms with Crippen LogP contribution in [-0.2, 0) is 10.8 Å². The molecule has 0 amide bonds. The Morgan fingerprint density at radius 1 is 0.714 bits per heavy atom. The summed E-state index contributed by atoms with van der Waals surface area (Å²) in [6.45, 7) is 4.53. The summed E-state index contributed by atoms with van der Waals surface area (Å²) in [6, 6.07) is 8.28. The average Bonchev–Trinajstić information content (AvgIpc) is 3.54. The van der Waals surface area contributed by atoms with Crippen molar-refractivity contribution >= 4 is 43.2 Å². The lowest BCUT2D eigenvalue weighted by atomic mass is 9.97. The summed E-state index contributed by atoms with van der Waals surface area (Å²) in [5.74, 6) is 1.47. The zero-order valence-electron chi connectivity index (χ0n) is 16.9. The van der Waals surface area contributed by atoms with Gasteiger partial charge in [-0.05, 0) is 104 Å². The Labute approximate surface area is 184 Å². The molecule has 0 heterocycles. The second-order valence-electron chi connectivity index (χ2n) is 8.28. The van der Waals surface area contributed by atoms with Crippen LogP contribution in [0.5, 0.6) is 11.5 Å². The number of nitrogens with two attached hydrogens (primary N) is 2. The normalized spacial score (nSPS) is 17.9. The summed E-state index contributed by atoms with van der Waals surface area (Å²) in [5, 5.41) is 0. The first-order valence-corrected chi connectivity index (χ1v) is 11.0. The molecule has 2 aromatic rings. The van der Waals surface area contributed by atoms with E-state index in [1.165, 1.54) is 36.8 Å². The van der Waals surface area contributed by atoms with Gasteiger partial charge in [-0.25, -0.2) is 0 Å². The zero-order chi connectivity index (χ0) is 20.7. The summed E-state index contributed by atoms with van der Waals surface area (Å²) in [6.07, 6.45) is 5.02. The van der Waals surface area contributed by atoms with Crippen molar-refractivity contribution in [1.29, 1.82) is 0 Å². The number of halogens is 2. The number of ether oxygens (including phenoxy) is 2. The molecule has 152 valence electrons. The standard InChI is InChI=1S/C11H12Br2O.C11H16N2O/c2*1-11(3-4-11)7-5-8(12)10(14-2)9(13)6-7/h5-6H,3-4H2,1-2H3;5-6H,3-4,12-13H2,1-2H3. The lowest BCUT2D eigenvalue weighted by Crippen LogP contribution is -2.05. The second kappa shape index (κ2) is 7.79. The van der Waals surface area contributed by atoms with Crippen molar-refractivity contribution in [3.8, 4) is 11.5 Å². The topological polar surface area (TPSA) is 70.5 Å². The summed E-state index contributed by atoms with van der Waals surface area (Å²) < 4.78 is 12.4. The Morgan fingerprint density at radius 3 is 1.39 bits per heavy atom. The van der Waals surface area contributed by atoms with Gasteiger partial charge in [0.25, 0.3) is 0 Å². The predicted molar refractivity (Wildman–Crippen MR) is 123 cm³/mol. The van der Waals surface area contributed by atoms with Crippen molar-refractivity contribution in [1.82, 2.24) is 0 Å². The third-order valence-corrected chi connectivity index (χ3v) is 7.12. The largest absolute Gasteiger partial charge is 0.494 e. The smallest absolute Gasteiger partial charge is 0.164 e. The molecule has 0 radical (unpaired) electrons. The number of hydrogen-bond donors (Lipinski definition) is 2. The van der Waals surface area contributed by atoms with Crippen molar-refractivity contribution in [2.24, 2.45) is 0 Å². The van der Waals surface area contributed by atoms with Crippen molar-refractivity contribution in [3.05, 3.63) is 44.3 Å². The first kappa shape index (κ1) is 21.3. The maximum Gasteiger partial charge on any atom is 0.164 e. The molecule has 2 aromatic carbocycles. The van der Waals surface area contributed by atoms with Gasteiger partial charge in [0.15, 0.2) is 5.75 Å². The van der Waals surface area contributed by atoms with Crippen molar-refractivity contribution in [3.63, 3.8) is 0 Å². The zero-order valence-corrected chi connectivity index (χ0v) is 20.0. The first-order valence-electron chi connectivity index (χ1n) is 9.40. The highest BCUT2D eigenvalue weighted by atomic mass is 79.9. The van der Waals surface area contributed by atoms with Gasteiger partial charge in [-0.3, -0.25) is 0 Å². The minimum Gasteiger partial charge on any atom is -0.494 e. The number of rotatable bonds is 4. The molecule has 6 heteroatoms. The van der Waals surface area contributed by atoms with E-state index in [9.17, 15) is 0 Å². The van der Waals surface area contributed by atoms with Crippen LogP contribution in [0.15, 0.2) is 33.2 Å². The fraction of sp³-hybridized carbons (Fsp3) is 0.455. The predicted octanol–water partition coefficient (Wildman–Crippen LogP) is 6.18. The van der Waals surface area contributed by atoms with Crippen LogP contribution in [-0.4, -0.2) is 14.2 Å². The Balaban J connectivity index is 0.000000161. The first-order chi connectivity index (χ1) is 13.1. The molecule has 0 atom stereocenters. The minimum absolute atomic E-state index is 0.300. The number of hydrogen-bond acceptors (Lipinski definition) is 4. The average molecular weight is 512 g/mol. The summed E-state index contributed by atoms with van der Waals surface area (Å²) in [5.41, 5.74) is 16.3. The van der Waals surface area contributed by atoms with Gasteiger partial charge in [0.05, 0.1) is 34.5 Å². The van der Waals surface area contributed by atoms with E-state index in [2.05, 4.69) is 57.8 Å². The molecular formula is C22H28Br2N2O2. The lowest BCUT2D eigenvalue weighted by molar-refractivity contribution is 0.409. The molecule has 28 heavy (non-hydrogen) atoms. The van der Waals surface area contributed by atoms with E-state index in [0.717, 1.165) is 14.7 Å². The molecule has 4 nitrogen and oxygen atoms in total. The van der Waals surface area contributed by atoms with Gasteiger partial charge in [0.2, 0.25) is 0 Å². The van der Waals surface area contributed by atoms with Crippen LogP contribution >= 0.6 is 31.9 Å². The van der Waals surface area contributed by atoms with Gasteiger partial charge >= 0.3 is 0 Å². The Morgan fingerprint density at radius 2 is 1.07 bits per heavy atom. The van der Waals surface area contributed by atoms with Crippen LogP contribution in [0, 0.1) is 0 Å². The van der Waals surface area contributed by atoms with Gasteiger partial charge < -0.3 is 20.9 Å². The maximum atomic E-state index is 5.85. The molecule has 0 aliphatic heterocycles. The van der Waals surface area contributed by atoms with E-state index in [0.29, 0.717) is 28.0 Å². The van der Waals surface area contributed by atoms with Crippen LogP contribution < -0.4 is 20.9 Å². The van der Waals surface area contributed by atoms with Crippen LogP contribution in [0.4, 0.5) is 11.4 Å². The minimum atomic E-state index is 0.300. The highest BCUT2D eigenvalue weighted by molar-refractivity contribution is 9.11. The van der Waals surface area contributed by atoms with Crippen LogP contribution in [0.25, 0.3) is 0 Å². The van der Waals surface area contributed by atoms with Gasteiger partial charge in [-0.15, -0.1) is 0 Å². The van der Waals surface area contributed by atoms with Crippen molar-refractivity contribution in [2.75, 3.05) is 25.7 Å². The van der Waals surface area contributed by atoms with Crippen molar-refractivity contribution < 1.29 is 9.47 Å². The van der Waals surface area contributed by atoms with Gasteiger partial charge in [0, 0.05) is 0 Å². The molecule has 2 aliphatic rings. The van der Waals surface area contributed by atoms with E-state index in [4.69, 9.17) is 20.9 Å². The van der Waals surface area contributed by atoms with Crippen LogP contribution in [0.2, 0.25) is 0 Å². The molecular weight excluding hydrogens is 484 g/mol. The Bertz CT molecular complexity index is 771. The molecule has 0 unspecified atom stereocenters. The number of anilines is 2. The monoisotopic (exact) mass is 510 g/mol. The third-order valence-electron chi connectivity index (χ3n) is 5.95. The van der Waals surface area contributed by atoms with Crippen LogP contribution in [0.3, 0.4) is 0 Å². The van der Waals surface area contributed by atoms with E-state index in [1.54, 1.807) is 14.2 Å². The van der Waals surface area contributed by atoms with Gasteiger partial charge in [-0.2, -0.15) is 0 Å². The third kappa shape index (κ3) is 4.28. The van der Waals surface area contributed by atoms with E-state index in [1.807, 2.05) is 12.1 Å². The fourth-order valence-corrected chi connectivity index (χ4v) is 4.82. The molecule has 2 aliphatic carbocycles. The summed E-state index contributed by atoms with van der Waals surface area (Å²) >= 11 is 7.05. The molecule has 2 fully saturated rings. The van der Waals surface area contributed by atoms with Gasteiger partial charge in [-0.1, -0.05) is 13.8 Å². The maximum absolute atomic E-state index is 5.85. The van der Waals surface area contributed by atoms with Crippen molar-refractivity contribution in [2.45, 2.75) is 50.4 Å². The number of methoxy groups -OCH3 is 2. The Kier molecular flexibility index (Phi) is 5.93. The molecule has 2 saturated carbocycles. The highest BCUT2D eigenvalue weighted by Gasteiger charge is 2.40. The molecule has 0 saturated heterocycles. The second-order valence-corrected chi connectivity index (χ2v) is 9.99. The SMILES string of the molecule is COc1c(Br)cc(C2(C)CC2)cc1Br.COc1c(N)cc(C2(C)CC2)cc1N. The summed E-state index contributed by atoms with van der Waals surface area (Å²) in [4.78, 5) is 0. The molecule has 0 spiro atoms. The number of benzene rings is 2. The van der Waals surface area contributed by atoms with E-state index >= 15 is 0 Å². The lowest BCUT2D eigenvalue weighted by Gasteiger charge is -2.14. The molecule has 4 rings (SSSR count). The van der Waals surface area contributed by atoms with Gasteiger partial charge in [0.1, 0.15) is 5.75 Å². The quantitative estimate of drug-likeness (QED) is 0.480. The van der Waals surface area contributed by atoms with E-state index in [-0.39, 0.29) is 0 Å². The van der Waals surface area contributed by atoms with Crippen LogP contribution in [0.1, 0.15) is 50.7 Å². The summed E-state index contributed by atoms with van der Waals surface area (Å²) in [7, 11) is 3.27. The fourth-order valence-electron chi connectivity index (χ4n) is 3.31. The van der Waals surface area contributed by atoms with E-state index < -0.39 is 0 Å². The Hall–Kier alpha value is -1.40. The molecule has 0 bridgehead atoms. The highest BCUT2D eigenvalue weighted by Crippen LogP contribution is 2.51. The number of nitrogen functional groups attached to an aromatic ring is 2. The molecule has 0 aromatic heterocycles. The molecule has 4 N–H and O–H groups in total.